The molecule has 2 N–H and O–H groups in total. The summed E-state index contributed by atoms with van der Waals surface area (Å²) in [6.07, 6.45) is 0. The molecule has 0 amide bonds. The van der Waals surface area contributed by atoms with Crippen molar-refractivity contribution in [1.29, 1.82) is 0 Å². The molecule has 1 aliphatic rings. The zero-order chi connectivity index (χ0) is 16.2. The van der Waals surface area contributed by atoms with Crippen LogP contribution < -0.4 is 4.74 Å². The van der Waals surface area contributed by atoms with Crippen molar-refractivity contribution in [1.82, 2.24) is 0 Å². The van der Waals surface area contributed by atoms with Gasteiger partial charge in [0, 0.05) is 5.56 Å². The Balaban J connectivity index is 2.88. The summed E-state index contributed by atoms with van der Waals surface area (Å²) in [5.41, 5.74) is -2.69. The Bertz CT molecular complexity index is 630. The number of hydrogen-bond acceptors (Lipinski definition) is 5. The van der Waals surface area contributed by atoms with Gasteiger partial charge in [0.15, 0.2) is 11.2 Å². The highest BCUT2D eigenvalue weighted by atomic mass is 16.5. The third-order valence-corrected chi connectivity index (χ3v) is 4.30. The summed E-state index contributed by atoms with van der Waals surface area (Å²) in [6, 6.07) is 3.12. The van der Waals surface area contributed by atoms with Crippen LogP contribution in [0.1, 0.15) is 37.5 Å². The van der Waals surface area contributed by atoms with Gasteiger partial charge in [-0.15, -0.1) is 0 Å². The van der Waals surface area contributed by atoms with Gasteiger partial charge in [-0.05, 0) is 43.0 Å². The van der Waals surface area contributed by atoms with Crippen LogP contribution in [0, 0.1) is 12.8 Å². The third-order valence-electron chi connectivity index (χ3n) is 4.30. The summed E-state index contributed by atoms with van der Waals surface area (Å²) in [4.78, 5) is 24.6. The second kappa shape index (κ2) is 4.64. The first kappa shape index (κ1) is 15.7. The normalized spacial score (nSPS) is 28.8. The van der Waals surface area contributed by atoms with E-state index in [0.717, 1.165) is 0 Å². The lowest BCUT2D eigenvalue weighted by Gasteiger charge is -2.41. The number of aliphatic hydroxyl groups is 2. The molecule has 0 saturated carbocycles. The number of Topliss-reactive ketones (excluding diaryl/α,β-unsaturated/α-hetero) is 2. The fourth-order valence-electron chi connectivity index (χ4n) is 2.84. The minimum atomic E-state index is -1.96. The summed E-state index contributed by atoms with van der Waals surface area (Å²) >= 11 is 0. The van der Waals surface area contributed by atoms with Crippen molar-refractivity contribution in [2.75, 3.05) is 7.11 Å². The summed E-state index contributed by atoms with van der Waals surface area (Å²) in [7, 11) is 1.48. The van der Waals surface area contributed by atoms with E-state index in [9.17, 15) is 19.8 Å². The predicted molar refractivity (Wildman–Crippen MR) is 76.1 cm³/mol. The van der Waals surface area contributed by atoms with Gasteiger partial charge in [-0.2, -0.15) is 0 Å². The molecule has 0 fully saturated rings. The van der Waals surface area contributed by atoms with Gasteiger partial charge in [0.2, 0.25) is 11.6 Å². The minimum Gasteiger partial charge on any atom is -0.496 e. The molecule has 1 aromatic carbocycles. The first-order valence-corrected chi connectivity index (χ1v) is 6.82. The lowest BCUT2D eigenvalue weighted by atomic mass is 9.66. The van der Waals surface area contributed by atoms with Crippen LogP contribution in [-0.2, 0) is 20.8 Å². The number of rotatable bonds is 2. The SMILES string of the molecule is COc1cc2c(cc1C)[C@@](O)(C(C)C)C(=O)C(=O)[C@]2(C)O. The van der Waals surface area contributed by atoms with E-state index < -0.39 is 28.7 Å². The van der Waals surface area contributed by atoms with E-state index in [2.05, 4.69) is 0 Å². The number of hydrogen-bond donors (Lipinski definition) is 2. The van der Waals surface area contributed by atoms with Gasteiger partial charge in [0.05, 0.1) is 7.11 Å². The molecule has 2 rings (SSSR count). The molecule has 0 aromatic heterocycles. The maximum Gasteiger partial charge on any atom is 0.238 e. The van der Waals surface area contributed by atoms with E-state index >= 15 is 0 Å². The molecule has 0 bridgehead atoms. The van der Waals surface area contributed by atoms with Crippen molar-refractivity contribution in [3.8, 4) is 5.75 Å². The van der Waals surface area contributed by atoms with E-state index in [4.69, 9.17) is 4.74 Å². The Morgan fingerprint density at radius 1 is 1.10 bits per heavy atom. The molecule has 5 nitrogen and oxygen atoms in total. The van der Waals surface area contributed by atoms with Crippen LogP contribution in [0.15, 0.2) is 12.1 Å². The van der Waals surface area contributed by atoms with Crippen molar-refractivity contribution >= 4 is 11.6 Å². The molecule has 0 saturated heterocycles. The van der Waals surface area contributed by atoms with E-state index in [1.165, 1.54) is 20.1 Å². The molecule has 2 atom stereocenters. The fraction of sp³-hybridized carbons (Fsp3) is 0.500. The predicted octanol–water partition coefficient (Wildman–Crippen LogP) is 1.21. The Labute approximate surface area is 123 Å². The van der Waals surface area contributed by atoms with Gasteiger partial charge >= 0.3 is 0 Å². The highest BCUT2D eigenvalue weighted by molar-refractivity contribution is 6.44. The Kier molecular flexibility index (Phi) is 3.46. The Hall–Kier alpha value is -1.72. The van der Waals surface area contributed by atoms with Crippen LogP contribution in [-0.4, -0.2) is 28.9 Å². The molecular weight excluding hydrogens is 272 g/mol. The van der Waals surface area contributed by atoms with Gasteiger partial charge < -0.3 is 14.9 Å². The van der Waals surface area contributed by atoms with E-state index in [1.807, 2.05) is 0 Å². The topological polar surface area (TPSA) is 83.8 Å². The van der Waals surface area contributed by atoms with Gasteiger partial charge in [0.25, 0.3) is 0 Å². The number of ketones is 2. The van der Waals surface area contributed by atoms with Crippen LogP contribution in [0.25, 0.3) is 0 Å². The standard InChI is InChI=1S/C16H20O5/c1-8(2)16(20)11-6-9(3)12(21-5)7-10(11)15(4,19)13(17)14(16)18/h6-8,19-20H,1-5H3/t15-,16+/m1/s1. The number of aryl methyl sites for hydroxylation is 1. The van der Waals surface area contributed by atoms with E-state index in [1.54, 1.807) is 26.8 Å². The number of benzene rings is 1. The van der Waals surface area contributed by atoms with E-state index in [-0.39, 0.29) is 11.1 Å². The average molecular weight is 292 g/mol. The maximum absolute atomic E-state index is 12.3. The monoisotopic (exact) mass is 292 g/mol. The molecule has 1 aromatic rings. The zero-order valence-electron chi connectivity index (χ0n) is 12.9. The molecule has 5 heteroatoms. The van der Waals surface area contributed by atoms with Crippen LogP contribution in [0.5, 0.6) is 5.75 Å². The zero-order valence-corrected chi connectivity index (χ0v) is 12.9. The molecule has 0 unspecified atom stereocenters. The summed E-state index contributed by atoms with van der Waals surface area (Å²) in [5.74, 6) is -1.99. The lowest BCUT2D eigenvalue weighted by Crippen LogP contribution is -2.56. The first-order valence-electron chi connectivity index (χ1n) is 6.82. The third kappa shape index (κ3) is 1.92. The van der Waals surface area contributed by atoms with Crippen molar-refractivity contribution in [2.45, 2.75) is 38.9 Å². The van der Waals surface area contributed by atoms with Crippen LogP contribution in [0.2, 0.25) is 0 Å². The van der Waals surface area contributed by atoms with E-state index in [0.29, 0.717) is 11.3 Å². The number of carbonyl (C=O) groups is 2. The van der Waals surface area contributed by atoms with Crippen LogP contribution in [0.3, 0.4) is 0 Å². The molecule has 1 aliphatic carbocycles. The quantitative estimate of drug-likeness (QED) is 0.800. The smallest absolute Gasteiger partial charge is 0.238 e. The first-order chi connectivity index (χ1) is 9.58. The van der Waals surface area contributed by atoms with Gasteiger partial charge in [-0.1, -0.05) is 13.8 Å². The van der Waals surface area contributed by atoms with Crippen LogP contribution in [0.4, 0.5) is 0 Å². The van der Waals surface area contributed by atoms with Crippen molar-refractivity contribution in [2.24, 2.45) is 5.92 Å². The lowest BCUT2D eigenvalue weighted by molar-refractivity contribution is -0.165. The Morgan fingerprint density at radius 2 is 1.67 bits per heavy atom. The van der Waals surface area contributed by atoms with Crippen molar-refractivity contribution < 1.29 is 24.5 Å². The van der Waals surface area contributed by atoms with Crippen molar-refractivity contribution in [3.63, 3.8) is 0 Å². The molecule has 0 aliphatic heterocycles. The highest BCUT2D eigenvalue weighted by Crippen LogP contribution is 2.45. The molecule has 21 heavy (non-hydrogen) atoms. The number of fused-ring (bicyclic) bond motifs is 1. The summed E-state index contributed by atoms with van der Waals surface area (Å²) in [6.45, 7) is 6.36. The number of carbonyl (C=O) groups excluding carboxylic acids is 2. The molecule has 0 radical (unpaired) electrons. The average Bonchev–Trinajstić information content (AvgIpc) is 2.42. The molecule has 114 valence electrons. The largest absolute Gasteiger partial charge is 0.496 e. The second-order valence-electron chi connectivity index (χ2n) is 6.02. The van der Waals surface area contributed by atoms with Gasteiger partial charge in [0.1, 0.15) is 5.75 Å². The van der Waals surface area contributed by atoms with Crippen molar-refractivity contribution in [3.05, 3.63) is 28.8 Å². The summed E-state index contributed by atoms with van der Waals surface area (Å²) in [5, 5.41) is 21.3. The minimum absolute atomic E-state index is 0.214. The number of methoxy groups -OCH3 is 1. The second-order valence-corrected chi connectivity index (χ2v) is 6.02. The molecular formula is C16H20O5. The van der Waals surface area contributed by atoms with Gasteiger partial charge in [-0.25, -0.2) is 0 Å². The molecule has 0 heterocycles. The highest BCUT2D eigenvalue weighted by Gasteiger charge is 2.57. The fourth-order valence-corrected chi connectivity index (χ4v) is 2.84. The number of ether oxygens (including phenoxy) is 1. The maximum atomic E-state index is 12.3. The van der Waals surface area contributed by atoms with Gasteiger partial charge in [-0.3, -0.25) is 9.59 Å². The Morgan fingerprint density at radius 3 is 2.14 bits per heavy atom. The molecule has 0 spiro atoms. The summed E-state index contributed by atoms with van der Waals surface area (Å²) < 4.78 is 5.21. The van der Waals surface area contributed by atoms with Crippen LogP contribution >= 0.6 is 0 Å².